The summed E-state index contributed by atoms with van der Waals surface area (Å²) in [6.07, 6.45) is 1.85. The maximum Gasteiger partial charge on any atom is 0.228 e. The van der Waals surface area contributed by atoms with Crippen molar-refractivity contribution in [3.05, 3.63) is 65.5 Å². The van der Waals surface area contributed by atoms with Gasteiger partial charge in [-0.25, -0.2) is 0 Å². The second kappa shape index (κ2) is 10.1. The van der Waals surface area contributed by atoms with Gasteiger partial charge in [-0.05, 0) is 36.4 Å². The standard InChI is InChI=1S/C20H20ClN3O2S/c21-16-7-4-6-15(14-16)20-23-19(26-24-20)11-12-22-18(25)10-5-13-27-17-8-2-1-3-9-17/h1-4,6-9,14H,5,10-13H2,(H,22,25). The zero-order valence-corrected chi connectivity index (χ0v) is 16.3. The van der Waals surface area contributed by atoms with Crippen LogP contribution in [-0.4, -0.2) is 28.3 Å². The number of nitrogens with one attached hydrogen (secondary N) is 1. The van der Waals surface area contributed by atoms with Crippen LogP contribution in [0, 0.1) is 0 Å². The molecule has 0 aliphatic heterocycles. The molecule has 1 amide bonds. The largest absolute Gasteiger partial charge is 0.356 e. The molecule has 3 aromatic rings. The lowest BCUT2D eigenvalue weighted by molar-refractivity contribution is -0.121. The van der Waals surface area contributed by atoms with Crippen LogP contribution >= 0.6 is 23.4 Å². The first-order chi connectivity index (χ1) is 13.2. The predicted octanol–water partition coefficient (Wildman–Crippen LogP) is 4.62. The Hall–Kier alpha value is -2.31. The van der Waals surface area contributed by atoms with Gasteiger partial charge in [-0.15, -0.1) is 11.8 Å². The van der Waals surface area contributed by atoms with Crippen molar-refractivity contribution in [1.82, 2.24) is 15.5 Å². The smallest absolute Gasteiger partial charge is 0.228 e. The zero-order valence-electron chi connectivity index (χ0n) is 14.7. The van der Waals surface area contributed by atoms with E-state index >= 15 is 0 Å². The Kier molecular flexibility index (Phi) is 7.30. The highest BCUT2D eigenvalue weighted by Crippen LogP contribution is 2.20. The number of carbonyl (C=O) groups is 1. The summed E-state index contributed by atoms with van der Waals surface area (Å²) in [6, 6.07) is 17.5. The Bertz CT molecular complexity index is 870. The fraction of sp³-hybridized carbons (Fsp3) is 0.250. The van der Waals surface area contributed by atoms with Gasteiger partial charge in [0.25, 0.3) is 0 Å². The molecule has 2 aromatic carbocycles. The lowest BCUT2D eigenvalue weighted by Crippen LogP contribution is -2.25. The molecule has 140 valence electrons. The highest BCUT2D eigenvalue weighted by Gasteiger charge is 2.09. The van der Waals surface area contributed by atoms with E-state index in [1.165, 1.54) is 4.90 Å². The molecule has 0 aliphatic rings. The quantitative estimate of drug-likeness (QED) is 0.418. The van der Waals surface area contributed by atoms with Crippen molar-refractivity contribution in [1.29, 1.82) is 0 Å². The van der Waals surface area contributed by atoms with Gasteiger partial charge in [-0.1, -0.05) is 47.1 Å². The van der Waals surface area contributed by atoms with Gasteiger partial charge in [0.2, 0.25) is 17.6 Å². The molecule has 0 bridgehead atoms. The number of benzene rings is 2. The van der Waals surface area contributed by atoms with Crippen molar-refractivity contribution >= 4 is 29.3 Å². The Morgan fingerprint density at radius 2 is 2.00 bits per heavy atom. The van der Waals surface area contributed by atoms with E-state index in [9.17, 15) is 4.79 Å². The minimum atomic E-state index is 0.0400. The van der Waals surface area contributed by atoms with E-state index < -0.39 is 0 Å². The maximum absolute atomic E-state index is 11.9. The fourth-order valence-electron chi connectivity index (χ4n) is 2.44. The van der Waals surface area contributed by atoms with Crippen LogP contribution in [0.25, 0.3) is 11.4 Å². The Balaban J connectivity index is 1.34. The van der Waals surface area contributed by atoms with E-state index in [1.807, 2.05) is 30.3 Å². The van der Waals surface area contributed by atoms with Crippen molar-refractivity contribution in [2.45, 2.75) is 24.2 Å². The fourth-order valence-corrected chi connectivity index (χ4v) is 3.50. The summed E-state index contributed by atoms with van der Waals surface area (Å²) in [5.74, 6) is 1.95. The highest BCUT2D eigenvalue weighted by molar-refractivity contribution is 7.99. The van der Waals surface area contributed by atoms with Gasteiger partial charge in [0, 0.05) is 34.9 Å². The van der Waals surface area contributed by atoms with E-state index in [0.717, 1.165) is 17.7 Å². The molecule has 0 fully saturated rings. The summed E-state index contributed by atoms with van der Waals surface area (Å²) in [5, 5.41) is 7.47. The molecule has 27 heavy (non-hydrogen) atoms. The van der Waals surface area contributed by atoms with Gasteiger partial charge in [-0.2, -0.15) is 4.98 Å². The average molecular weight is 402 g/mol. The Labute approximate surface area is 167 Å². The molecule has 1 aromatic heterocycles. The second-order valence-corrected chi connectivity index (χ2v) is 7.49. The number of thioether (sulfide) groups is 1. The SMILES string of the molecule is O=C(CCCSc1ccccc1)NCCc1nc(-c2cccc(Cl)c2)no1. The molecule has 0 saturated carbocycles. The third-order valence-electron chi connectivity index (χ3n) is 3.77. The topological polar surface area (TPSA) is 68.0 Å². The first-order valence-electron chi connectivity index (χ1n) is 8.74. The van der Waals surface area contributed by atoms with Crippen molar-refractivity contribution < 1.29 is 9.32 Å². The van der Waals surface area contributed by atoms with Crippen molar-refractivity contribution in [2.24, 2.45) is 0 Å². The van der Waals surface area contributed by atoms with Crippen molar-refractivity contribution in [3.63, 3.8) is 0 Å². The zero-order chi connectivity index (χ0) is 18.9. The van der Waals surface area contributed by atoms with Gasteiger partial charge in [-0.3, -0.25) is 4.79 Å². The molecule has 5 nitrogen and oxygen atoms in total. The molecule has 0 saturated heterocycles. The van der Waals surface area contributed by atoms with Gasteiger partial charge in [0.1, 0.15) is 0 Å². The molecule has 1 heterocycles. The summed E-state index contributed by atoms with van der Waals surface area (Å²) < 4.78 is 5.23. The van der Waals surface area contributed by atoms with Gasteiger partial charge < -0.3 is 9.84 Å². The molecule has 0 radical (unpaired) electrons. The van der Waals surface area contributed by atoms with Gasteiger partial charge >= 0.3 is 0 Å². The minimum Gasteiger partial charge on any atom is -0.356 e. The van der Waals surface area contributed by atoms with Crippen molar-refractivity contribution in [2.75, 3.05) is 12.3 Å². The summed E-state index contributed by atoms with van der Waals surface area (Å²) in [5.41, 5.74) is 0.803. The van der Waals surface area contributed by atoms with Crippen LogP contribution in [0.5, 0.6) is 0 Å². The highest BCUT2D eigenvalue weighted by atomic mass is 35.5. The number of nitrogens with zero attached hydrogens (tertiary/aromatic N) is 2. The van der Waals surface area contributed by atoms with Crippen LogP contribution in [-0.2, 0) is 11.2 Å². The number of aromatic nitrogens is 2. The summed E-state index contributed by atoms with van der Waals surface area (Å²) in [7, 11) is 0. The minimum absolute atomic E-state index is 0.0400. The molecule has 0 aliphatic carbocycles. The molecule has 7 heteroatoms. The van der Waals surface area contributed by atoms with Crippen LogP contribution in [0.1, 0.15) is 18.7 Å². The van der Waals surface area contributed by atoms with E-state index in [1.54, 1.807) is 23.9 Å². The molecule has 0 spiro atoms. The lowest BCUT2D eigenvalue weighted by Gasteiger charge is -2.04. The molecule has 3 rings (SSSR count). The van der Waals surface area contributed by atoms with E-state index in [4.69, 9.17) is 16.1 Å². The normalized spacial score (nSPS) is 10.7. The first kappa shape index (κ1) is 19.5. The Morgan fingerprint density at radius 3 is 2.81 bits per heavy atom. The second-order valence-electron chi connectivity index (χ2n) is 5.89. The van der Waals surface area contributed by atoms with E-state index in [2.05, 4.69) is 27.6 Å². The maximum atomic E-state index is 11.9. The Morgan fingerprint density at radius 1 is 1.15 bits per heavy atom. The predicted molar refractivity (Wildman–Crippen MR) is 108 cm³/mol. The molecule has 0 unspecified atom stereocenters. The number of rotatable bonds is 9. The summed E-state index contributed by atoms with van der Waals surface area (Å²) in [6.45, 7) is 0.474. The van der Waals surface area contributed by atoms with E-state index in [0.29, 0.717) is 36.1 Å². The first-order valence-corrected chi connectivity index (χ1v) is 10.1. The number of hydrogen-bond acceptors (Lipinski definition) is 5. The van der Waals surface area contributed by atoms with Crippen LogP contribution in [0.3, 0.4) is 0 Å². The van der Waals surface area contributed by atoms with E-state index in [-0.39, 0.29) is 5.91 Å². The monoisotopic (exact) mass is 401 g/mol. The molecular weight excluding hydrogens is 382 g/mol. The third-order valence-corrected chi connectivity index (χ3v) is 5.11. The molecule has 0 atom stereocenters. The summed E-state index contributed by atoms with van der Waals surface area (Å²) in [4.78, 5) is 17.5. The third kappa shape index (κ3) is 6.41. The van der Waals surface area contributed by atoms with Crippen LogP contribution < -0.4 is 5.32 Å². The number of amides is 1. The van der Waals surface area contributed by atoms with Crippen LogP contribution in [0.2, 0.25) is 5.02 Å². The average Bonchev–Trinajstić information content (AvgIpc) is 3.15. The van der Waals surface area contributed by atoms with Crippen molar-refractivity contribution in [3.8, 4) is 11.4 Å². The number of carbonyl (C=O) groups excluding carboxylic acids is 1. The summed E-state index contributed by atoms with van der Waals surface area (Å²) >= 11 is 7.73. The number of hydrogen-bond donors (Lipinski definition) is 1. The van der Waals surface area contributed by atoms with Crippen LogP contribution in [0.15, 0.2) is 64.0 Å². The van der Waals surface area contributed by atoms with Gasteiger partial charge in [0.05, 0.1) is 0 Å². The molecule has 1 N–H and O–H groups in total. The van der Waals surface area contributed by atoms with Crippen LogP contribution in [0.4, 0.5) is 0 Å². The lowest BCUT2D eigenvalue weighted by atomic mass is 10.2. The van der Waals surface area contributed by atoms with Gasteiger partial charge in [0.15, 0.2) is 0 Å². The molecular formula is C20H20ClN3O2S. The number of halogens is 1.